The molecule has 0 fully saturated rings. The second-order valence-electron chi connectivity index (χ2n) is 20.3. The van der Waals surface area contributed by atoms with E-state index < -0.39 is 6.10 Å². The number of unbranched alkanes of at least 4 members (excludes halogenated alkanes) is 34. The zero-order valence-electron chi connectivity index (χ0n) is 46.5. The maximum Gasteiger partial charge on any atom is 0.306 e. The number of carbonyl (C=O) groups is 3. The van der Waals surface area contributed by atoms with Gasteiger partial charge in [-0.2, -0.15) is 0 Å². The summed E-state index contributed by atoms with van der Waals surface area (Å²) in [5, 5.41) is 0. The van der Waals surface area contributed by atoms with Crippen molar-refractivity contribution in [3.05, 3.63) is 60.8 Å². The van der Waals surface area contributed by atoms with Crippen molar-refractivity contribution >= 4 is 17.9 Å². The van der Waals surface area contributed by atoms with Gasteiger partial charge in [0.05, 0.1) is 0 Å². The molecule has 0 saturated heterocycles. The standard InChI is InChI=1S/C64H114O6/c1-4-7-10-13-16-18-20-22-24-26-28-29-30-31-32-33-34-35-37-38-40-42-44-46-48-51-54-57-63(66)69-60-61(59-68-62(65)56-53-50-15-12-9-6-3)70-64(67)58-55-52-49-47-45-43-41-39-36-27-25-23-21-19-17-14-11-8-5-2/h17,19-20,22-23,25-26,28,30-31,61H,4-16,18,21,24,27,29,32-60H2,1-3H3/b19-17-,22-20-,25-23-,28-26-,31-30-. The van der Waals surface area contributed by atoms with E-state index >= 15 is 0 Å². The Labute approximate surface area is 434 Å². The van der Waals surface area contributed by atoms with E-state index in [-0.39, 0.29) is 31.1 Å². The highest BCUT2D eigenvalue weighted by Crippen LogP contribution is 2.16. The van der Waals surface area contributed by atoms with E-state index in [4.69, 9.17) is 14.2 Å². The van der Waals surface area contributed by atoms with E-state index in [1.54, 1.807) is 0 Å². The van der Waals surface area contributed by atoms with Crippen molar-refractivity contribution in [1.29, 1.82) is 0 Å². The number of hydrogen-bond donors (Lipinski definition) is 0. The third-order valence-corrected chi connectivity index (χ3v) is 13.2. The molecule has 70 heavy (non-hydrogen) atoms. The summed E-state index contributed by atoms with van der Waals surface area (Å²) in [5.74, 6) is -0.879. The first-order valence-electron chi connectivity index (χ1n) is 30.3. The lowest BCUT2D eigenvalue weighted by Gasteiger charge is -2.18. The third kappa shape index (κ3) is 56.0. The monoisotopic (exact) mass is 979 g/mol. The minimum Gasteiger partial charge on any atom is -0.462 e. The molecule has 0 aromatic carbocycles. The van der Waals surface area contributed by atoms with Crippen LogP contribution in [0.2, 0.25) is 0 Å². The van der Waals surface area contributed by atoms with E-state index in [0.29, 0.717) is 19.3 Å². The van der Waals surface area contributed by atoms with Crippen molar-refractivity contribution in [3.63, 3.8) is 0 Å². The minimum absolute atomic E-state index is 0.0750. The van der Waals surface area contributed by atoms with Crippen molar-refractivity contribution in [2.24, 2.45) is 0 Å². The van der Waals surface area contributed by atoms with Gasteiger partial charge in [-0.25, -0.2) is 0 Å². The molecule has 0 aromatic heterocycles. The Hall–Kier alpha value is -2.89. The Bertz CT molecular complexity index is 1260. The summed E-state index contributed by atoms with van der Waals surface area (Å²) < 4.78 is 16.8. The van der Waals surface area contributed by atoms with Crippen LogP contribution >= 0.6 is 0 Å². The fourth-order valence-electron chi connectivity index (χ4n) is 8.66. The van der Waals surface area contributed by atoms with Crippen molar-refractivity contribution in [2.45, 2.75) is 316 Å². The van der Waals surface area contributed by atoms with E-state index in [1.807, 2.05) is 0 Å². The molecule has 1 atom stereocenters. The fraction of sp³-hybridized carbons (Fsp3) is 0.797. The average molecular weight is 980 g/mol. The van der Waals surface area contributed by atoms with Crippen molar-refractivity contribution in [1.82, 2.24) is 0 Å². The molecule has 0 radical (unpaired) electrons. The quantitative estimate of drug-likeness (QED) is 0.0261. The third-order valence-electron chi connectivity index (χ3n) is 13.2. The van der Waals surface area contributed by atoms with Crippen LogP contribution in [0.4, 0.5) is 0 Å². The normalized spacial score (nSPS) is 12.4. The van der Waals surface area contributed by atoms with Gasteiger partial charge >= 0.3 is 17.9 Å². The van der Waals surface area contributed by atoms with Gasteiger partial charge in [0.1, 0.15) is 13.2 Å². The number of hydrogen-bond acceptors (Lipinski definition) is 6. The molecule has 6 heteroatoms. The Kier molecular flexibility index (Phi) is 56.3. The highest BCUT2D eigenvalue weighted by Gasteiger charge is 2.19. The molecule has 0 aromatic rings. The van der Waals surface area contributed by atoms with Gasteiger partial charge in [-0.3, -0.25) is 14.4 Å². The Morgan fingerprint density at radius 2 is 0.514 bits per heavy atom. The van der Waals surface area contributed by atoms with Crippen LogP contribution in [0.15, 0.2) is 60.8 Å². The van der Waals surface area contributed by atoms with Crippen molar-refractivity contribution < 1.29 is 28.6 Å². The Morgan fingerprint density at radius 3 is 0.829 bits per heavy atom. The number of carbonyl (C=O) groups excluding carboxylic acids is 3. The number of allylic oxidation sites excluding steroid dienone is 10. The summed E-state index contributed by atoms with van der Waals surface area (Å²) in [6, 6.07) is 0. The van der Waals surface area contributed by atoms with Crippen molar-refractivity contribution in [3.8, 4) is 0 Å². The summed E-state index contributed by atoms with van der Waals surface area (Å²) in [4.78, 5) is 37.9. The smallest absolute Gasteiger partial charge is 0.306 e. The molecule has 0 saturated carbocycles. The molecular formula is C64H114O6. The van der Waals surface area contributed by atoms with Crippen LogP contribution < -0.4 is 0 Å². The molecule has 406 valence electrons. The van der Waals surface area contributed by atoms with Gasteiger partial charge in [-0.15, -0.1) is 0 Å². The lowest BCUT2D eigenvalue weighted by molar-refractivity contribution is -0.167. The molecule has 0 bridgehead atoms. The van der Waals surface area contributed by atoms with Gasteiger partial charge in [-0.1, -0.05) is 261 Å². The van der Waals surface area contributed by atoms with Gasteiger partial charge in [0, 0.05) is 19.3 Å². The molecule has 6 nitrogen and oxygen atoms in total. The summed E-state index contributed by atoms with van der Waals surface area (Å²) in [7, 11) is 0. The SMILES string of the molecule is CCCCC/C=C\C/C=C\CCCCCCCCCCCC(=O)OC(COC(=O)CCCCCCCC)COC(=O)CCCCCCCCCCCCCC/C=C\C/C=C\C/C=C\CCCCCCC. The molecule has 0 aliphatic rings. The summed E-state index contributed by atoms with van der Waals surface area (Å²) in [6.45, 7) is 6.57. The van der Waals surface area contributed by atoms with Gasteiger partial charge in [0.2, 0.25) is 0 Å². The van der Waals surface area contributed by atoms with E-state index in [9.17, 15) is 14.4 Å². The van der Waals surface area contributed by atoms with Gasteiger partial charge in [0.25, 0.3) is 0 Å². The lowest BCUT2D eigenvalue weighted by atomic mass is 10.0. The second kappa shape index (κ2) is 58.7. The molecule has 0 rings (SSSR count). The van der Waals surface area contributed by atoms with E-state index in [2.05, 4.69) is 81.5 Å². The molecule has 0 aliphatic carbocycles. The highest BCUT2D eigenvalue weighted by molar-refractivity contribution is 5.71. The van der Waals surface area contributed by atoms with Crippen LogP contribution in [0, 0.1) is 0 Å². The van der Waals surface area contributed by atoms with Gasteiger partial charge in [0.15, 0.2) is 6.10 Å². The molecule has 0 spiro atoms. The van der Waals surface area contributed by atoms with Crippen LogP contribution in [0.25, 0.3) is 0 Å². The van der Waals surface area contributed by atoms with Gasteiger partial charge < -0.3 is 14.2 Å². The Balaban J connectivity index is 4.09. The number of ether oxygens (including phenoxy) is 3. The summed E-state index contributed by atoms with van der Waals surface area (Å²) in [5.41, 5.74) is 0. The molecule has 0 heterocycles. The molecule has 0 amide bonds. The van der Waals surface area contributed by atoms with Crippen LogP contribution in [0.1, 0.15) is 310 Å². The van der Waals surface area contributed by atoms with Crippen LogP contribution in [-0.4, -0.2) is 37.2 Å². The first-order chi connectivity index (χ1) is 34.5. The molecular weight excluding hydrogens is 865 g/mol. The summed E-state index contributed by atoms with van der Waals surface area (Å²) in [6.07, 6.45) is 73.9. The zero-order valence-corrected chi connectivity index (χ0v) is 46.5. The molecule has 1 unspecified atom stereocenters. The highest BCUT2D eigenvalue weighted by atomic mass is 16.6. The fourth-order valence-corrected chi connectivity index (χ4v) is 8.66. The topological polar surface area (TPSA) is 78.9 Å². The van der Waals surface area contributed by atoms with Crippen LogP contribution in [0.5, 0.6) is 0 Å². The predicted octanol–water partition coefficient (Wildman–Crippen LogP) is 20.4. The number of rotatable bonds is 55. The number of esters is 3. The molecule has 0 aliphatic heterocycles. The largest absolute Gasteiger partial charge is 0.462 e. The molecule has 0 N–H and O–H groups in total. The maximum absolute atomic E-state index is 12.8. The van der Waals surface area contributed by atoms with E-state index in [0.717, 1.165) is 77.0 Å². The zero-order chi connectivity index (χ0) is 50.7. The average Bonchev–Trinajstić information content (AvgIpc) is 3.36. The maximum atomic E-state index is 12.8. The predicted molar refractivity (Wildman–Crippen MR) is 302 cm³/mol. The van der Waals surface area contributed by atoms with Crippen LogP contribution in [-0.2, 0) is 28.6 Å². The van der Waals surface area contributed by atoms with Gasteiger partial charge in [-0.05, 0) is 89.9 Å². The Morgan fingerprint density at radius 1 is 0.286 bits per heavy atom. The second-order valence-corrected chi connectivity index (χ2v) is 20.3. The van der Waals surface area contributed by atoms with Crippen LogP contribution in [0.3, 0.4) is 0 Å². The van der Waals surface area contributed by atoms with Crippen molar-refractivity contribution in [2.75, 3.05) is 13.2 Å². The first-order valence-corrected chi connectivity index (χ1v) is 30.3. The summed E-state index contributed by atoms with van der Waals surface area (Å²) >= 11 is 0. The lowest BCUT2D eigenvalue weighted by Crippen LogP contribution is -2.30. The van der Waals surface area contributed by atoms with E-state index in [1.165, 1.54) is 193 Å². The minimum atomic E-state index is -0.773. The first kappa shape index (κ1) is 67.1.